The predicted octanol–water partition coefficient (Wildman–Crippen LogP) is 3.82. The molecule has 25 heavy (non-hydrogen) atoms. The Morgan fingerprint density at radius 3 is 2.56 bits per heavy atom. The number of para-hydroxylation sites is 1. The summed E-state index contributed by atoms with van der Waals surface area (Å²) in [6.45, 7) is 4.45. The molecule has 6 heteroatoms. The van der Waals surface area contributed by atoms with Crippen molar-refractivity contribution >= 4 is 17.6 Å². The van der Waals surface area contributed by atoms with Crippen LogP contribution in [0.5, 0.6) is 0 Å². The molecule has 0 spiro atoms. The van der Waals surface area contributed by atoms with E-state index >= 15 is 0 Å². The minimum Gasteiger partial charge on any atom is -0.454 e. The van der Waals surface area contributed by atoms with Gasteiger partial charge in [-0.25, -0.2) is 4.79 Å². The van der Waals surface area contributed by atoms with Gasteiger partial charge in [-0.15, -0.1) is 0 Å². The number of nitrogens with one attached hydrogen (secondary N) is 2. The number of hydrogen-bond acceptors (Lipinski definition) is 3. The van der Waals surface area contributed by atoms with Crippen molar-refractivity contribution in [1.29, 1.82) is 0 Å². The van der Waals surface area contributed by atoms with Crippen molar-refractivity contribution in [3.8, 4) is 0 Å². The number of nitrogens with zero attached hydrogens (tertiary/aromatic N) is 1. The number of urea groups is 1. The Hall–Kier alpha value is -2.76. The minimum atomic E-state index is -0.312. The fourth-order valence-corrected chi connectivity index (χ4v) is 2.40. The third-order valence-corrected chi connectivity index (χ3v) is 4.05. The Balaban J connectivity index is 1.95. The SMILES string of the molecule is CCC(C)c1ccccc1NC(=O)NCc1ccc(C(=O)N(C)C)o1. The molecular weight excluding hydrogens is 318 g/mol. The van der Waals surface area contributed by atoms with Crippen LogP contribution in [0, 0.1) is 0 Å². The van der Waals surface area contributed by atoms with E-state index < -0.39 is 0 Å². The van der Waals surface area contributed by atoms with E-state index in [-0.39, 0.29) is 24.2 Å². The molecule has 3 amide bonds. The summed E-state index contributed by atoms with van der Waals surface area (Å²) in [5.74, 6) is 0.930. The minimum absolute atomic E-state index is 0.206. The van der Waals surface area contributed by atoms with Crippen molar-refractivity contribution in [2.75, 3.05) is 19.4 Å². The van der Waals surface area contributed by atoms with Crippen molar-refractivity contribution in [3.63, 3.8) is 0 Å². The highest BCUT2D eigenvalue weighted by atomic mass is 16.4. The van der Waals surface area contributed by atoms with E-state index in [2.05, 4.69) is 24.5 Å². The number of benzene rings is 1. The lowest BCUT2D eigenvalue weighted by Crippen LogP contribution is -2.28. The van der Waals surface area contributed by atoms with Crippen LogP contribution in [0.2, 0.25) is 0 Å². The van der Waals surface area contributed by atoms with Gasteiger partial charge in [-0.05, 0) is 36.1 Å². The molecule has 6 nitrogen and oxygen atoms in total. The molecule has 0 bridgehead atoms. The normalized spacial score (nSPS) is 11.7. The third kappa shape index (κ3) is 4.86. The molecule has 0 saturated heterocycles. The molecule has 0 saturated carbocycles. The Morgan fingerprint density at radius 2 is 1.88 bits per heavy atom. The van der Waals surface area contributed by atoms with Crippen LogP contribution < -0.4 is 10.6 Å². The van der Waals surface area contributed by atoms with Crippen LogP contribution in [0.1, 0.15) is 48.1 Å². The molecule has 2 N–H and O–H groups in total. The molecule has 0 radical (unpaired) electrons. The van der Waals surface area contributed by atoms with Gasteiger partial charge in [0.1, 0.15) is 5.76 Å². The van der Waals surface area contributed by atoms with E-state index in [1.807, 2.05) is 24.3 Å². The van der Waals surface area contributed by atoms with E-state index in [4.69, 9.17) is 4.42 Å². The van der Waals surface area contributed by atoms with Gasteiger partial charge in [-0.3, -0.25) is 4.79 Å². The third-order valence-electron chi connectivity index (χ3n) is 4.05. The summed E-state index contributed by atoms with van der Waals surface area (Å²) in [6, 6.07) is 10.8. The highest BCUT2D eigenvalue weighted by Crippen LogP contribution is 2.26. The van der Waals surface area contributed by atoms with Crippen molar-refractivity contribution in [2.45, 2.75) is 32.7 Å². The molecule has 1 heterocycles. The first-order valence-electron chi connectivity index (χ1n) is 8.36. The number of carbonyl (C=O) groups is 2. The first-order valence-corrected chi connectivity index (χ1v) is 8.36. The van der Waals surface area contributed by atoms with E-state index in [0.29, 0.717) is 11.7 Å². The summed E-state index contributed by atoms with van der Waals surface area (Å²) in [4.78, 5) is 25.4. The Bertz CT molecular complexity index is 737. The zero-order valence-corrected chi connectivity index (χ0v) is 15.1. The van der Waals surface area contributed by atoms with Crippen molar-refractivity contribution < 1.29 is 14.0 Å². The molecule has 0 aliphatic carbocycles. The van der Waals surface area contributed by atoms with Gasteiger partial charge in [0.25, 0.3) is 5.91 Å². The second kappa shape index (κ2) is 8.37. The summed E-state index contributed by atoms with van der Waals surface area (Å²) >= 11 is 0. The van der Waals surface area contributed by atoms with Gasteiger partial charge in [-0.2, -0.15) is 0 Å². The molecule has 1 atom stereocenters. The molecule has 2 rings (SSSR count). The fraction of sp³-hybridized carbons (Fsp3) is 0.368. The lowest BCUT2D eigenvalue weighted by molar-refractivity contribution is 0.0795. The average molecular weight is 343 g/mol. The fourth-order valence-electron chi connectivity index (χ4n) is 2.40. The van der Waals surface area contributed by atoms with Crippen LogP contribution in [-0.2, 0) is 6.54 Å². The van der Waals surface area contributed by atoms with Crippen LogP contribution in [0.3, 0.4) is 0 Å². The van der Waals surface area contributed by atoms with Crippen molar-refractivity contribution in [2.24, 2.45) is 0 Å². The summed E-state index contributed by atoms with van der Waals surface area (Å²) in [7, 11) is 3.32. The van der Waals surface area contributed by atoms with Gasteiger partial charge in [-0.1, -0.05) is 32.0 Å². The van der Waals surface area contributed by atoms with E-state index in [1.54, 1.807) is 26.2 Å². The van der Waals surface area contributed by atoms with Crippen LogP contribution in [0.4, 0.5) is 10.5 Å². The maximum absolute atomic E-state index is 12.2. The maximum atomic E-state index is 12.2. The van der Waals surface area contributed by atoms with Crippen LogP contribution in [0.15, 0.2) is 40.8 Å². The standard InChI is InChI=1S/C19H25N3O3/c1-5-13(2)15-8-6-7-9-16(15)21-19(24)20-12-14-10-11-17(25-14)18(23)22(3)4/h6-11,13H,5,12H2,1-4H3,(H2,20,21,24). The number of rotatable bonds is 6. The maximum Gasteiger partial charge on any atom is 0.319 e. The van der Waals surface area contributed by atoms with Gasteiger partial charge in [0.15, 0.2) is 5.76 Å². The second-order valence-corrected chi connectivity index (χ2v) is 6.17. The van der Waals surface area contributed by atoms with Crippen molar-refractivity contribution in [3.05, 3.63) is 53.5 Å². The van der Waals surface area contributed by atoms with E-state index in [1.165, 1.54) is 4.90 Å². The molecule has 0 aliphatic heterocycles. The molecule has 0 fully saturated rings. The smallest absolute Gasteiger partial charge is 0.319 e. The van der Waals surface area contributed by atoms with Gasteiger partial charge < -0.3 is 20.0 Å². The quantitative estimate of drug-likeness (QED) is 0.837. The van der Waals surface area contributed by atoms with Crippen LogP contribution in [-0.4, -0.2) is 30.9 Å². The first kappa shape index (κ1) is 18.6. The Kier molecular flexibility index (Phi) is 6.22. The largest absolute Gasteiger partial charge is 0.454 e. The van der Waals surface area contributed by atoms with Gasteiger partial charge in [0, 0.05) is 19.8 Å². The number of hydrogen-bond donors (Lipinski definition) is 2. The molecule has 1 unspecified atom stereocenters. The predicted molar refractivity (Wildman–Crippen MR) is 97.7 cm³/mol. The van der Waals surface area contributed by atoms with Gasteiger partial charge in [0.2, 0.25) is 0 Å². The zero-order valence-electron chi connectivity index (χ0n) is 15.1. The summed E-state index contributed by atoms with van der Waals surface area (Å²) in [5, 5.41) is 5.62. The Morgan fingerprint density at radius 1 is 1.16 bits per heavy atom. The average Bonchev–Trinajstić information content (AvgIpc) is 3.08. The number of furan rings is 1. The zero-order chi connectivity index (χ0) is 18.4. The highest BCUT2D eigenvalue weighted by molar-refractivity contribution is 5.91. The number of amides is 3. The van der Waals surface area contributed by atoms with Crippen molar-refractivity contribution in [1.82, 2.24) is 10.2 Å². The molecule has 134 valence electrons. The second-order valence-electron chi connectivity index (χ2n) is 6.17. The lowest BCUT2D eigenvalue weighted by atomic mass is 9.97. The number of carbonyl (C=O) groups excluding carboxylic acids is 2. The molecular formula is C19H25N3O3. The monoisotopic (exact) mass is 343 g/mol. The topological polar surface area (TPSA) is 74.6 Å². The van der Waals surface area contributed by atoms with Crippen LogP contribution in [0.25, 0.3) is 0 Å². The van der Waals surface area contributed by atoms with Crippen LogP contribution >= 0.6 is 0 Å². The molecule has 1 aromatic carbocycles. The summed E-state index contributed by atoms with van der Waals surface area (Å²) < 4.78 is 5.45. The summed E-state index contributed by atoms with van der Waals surface area (Å²) in [6.07, 6.45) is 0.995. The summed E-state index contributed by atoms with van der Waals surface area (Å²) in [5.41, 5.74) is 1.91. The lowest BCUT2D eigenvalue weighted by Gasteiger charge is -2.15. The number of anilines is 1. The Labute approximate surface area is 148 Å². The highest BCUT2D eigenvalue weighted by Gasteiger charge is 2.14. The van der Waals surface area contributed by atoms with E-state index in [0.717, 1.165) is 17.7 Å². The van der Waals surface area contributed by atoms with Gasteiger partial charge >= 0.3 is 6.03 Å². The first-order chi connectivity index (χ1) is 11.9. The van der Waals surface area contributed by atoms with Gasteiger partial charge in [0.05, 0.1) is 6.54 Å². The molecule has 2 aromatic rings. The van der Waals surface area contributed by atoms with E-state index in [9.17, 15) is 9.59 Å². The molecule has 0 aliphatic rings. The molecule has 1 aromatic heterocycles.